The van der Waals surface area contributed by atoms with Gasteiger partial charge in [0.2, 0.25) is 0 Å². The monoisotopic (exact) mass is 283 g/mol. The van der Waals surface area contributed by atoms with Crippen molar-refractivity contribution in [3.63, 3.8) is 0 Å². The third-order valence-corrected chi connectivity index (χ3v) is 3.27. The van der Waals surface area contributed by atoms with Crippen molar-refractivity contribution in [2.45, 2.75) is 26.2 Å². The van der Waals surface area contributed by atoms with Crippen LogP contribution in [0.4, 0.5) is 14.5 Å². The summed E-state index contributed by atoms with van der Waals surface area (Å²) in [6.45, 7) is 3.70. The number of carbonyl (C=O) groups excluding carboxylic acids is 1. The highest BCUT2D eigenvalue weighted by atomic mass is 19.1. The summed E-state index contributed by atoms with van der Waals surface area (Å²) in [4.78, 5) is 12.0. The maximum Gasteiger partial charge on any atom is 0.265 e. The molecule has 1 amide bonds. The molecule has 1 saturated heterocycles. The van der Waals surface area contributed by atoms with Crippen molar-refractivity contribution < 1.29 is 13.6 Å². The summed E-state index contributed by atoms with van der Waals surface area (Å²) < 4.78 is 27.5. The summed E-state index contributed by atoms with van der Waals surface area (Å²) in [6.07, 6.45) is 3.18. The normalized spacial score (nSPS) is 15.9. The van der Waals surface area contributed by atoms with E-state index in [0.717, 1.165) is 44.5 Å². The van der Waals surface area contributed by atoms with E-state index in [0.29, 0.717) is 6.54 Å². The van der Waals surface area contributed by atoms with Gasteiger partial charge < -0.3 is 5.32 Å². The fourth-order valence-corrected chi connectivity index (χ4v) is 2.26. The van der Waals surface area contributed by atoms with Gasteiger partial charge in [0.15, 0.2) is 0 Å². The maximum absolute atomic E-state index is 13.7. The molecule has 0 bridgehead atoms. The molecule has 20 heavy (non-hydrogen) atoms. The van der Waals surface area contributed by atoms with Crippen LogP contribution < -0.4 is 10.7 Å². The fourth-order valence-electron chi connectivity index (χ4n) is 2.26. The van der Waals surface area contributed by atoms with Crippen LogP contribution in [0.5, 0.6) is 0 Å². The molecule has 2 rings (SSSR count). The molecular weight excluding hydrogens is 264 g/mol. The molecule has 0 aliphatic carbocycles. The van der Waals surface area contributed by atoms with E-state index < -0.39 is 17.5 Å². The zero-order valence-corrected chi connectivity index (χ0v) is 11.5. The minimum atomic E-state index is -0.754. The second kappa shape index (κ2) is 6.65. The number of hydrazine groups is 1. The minimum absolute atomic E-state index is 0.00720. The van der Waals surface area contributed by atoms with Crippen LogP contribution in [-0.2, 0) is 0 Å². The van der Waals surface area contributed by atoms with E-state index in [1.54, 1.807) is 11.9 Å². The first-order valence-corrected chi connectivity index (χ1v) is 6.90. The average Bonchev–Trinajstić information content (AvgIpc) is 2.43. The third kappa shape index (κ3) is 3.45. The van der Waals surface area contributed by atoms with Crippen molar-refractivity contribution in [3.8, 4) is 0 Å². The lowest BCUT2D eigenvalue weighted by molar-refractivity contribution is 0.0749. The van der Waals surface area contributed by atoms with E-state index in [-0.39, 0.29) is 11.3 Å². The Morgan fingerprint density at radius 1 is 1.20 bits per heavy atom. The maximum atomic E-state index is 13.7. The molecule has 0 saturated carbocycles. The van der Waals surface area contributed by atoms with Crippen molar-refractivity contribution in [3.05, 3.63) is 29.3 Å². The predicted molar refractivity (Wildman–Crippen MR) is 73.4 cm³/mol. The Balaban J connectivity index is 2.09. The molecule has 1 aromatic carbocycles. The lowest BCUT2D eigenvalue weighted by Gasteiger charge is -2.26. The van der Waals surface area contributed by atoms with Gasteiger partial charge in [-0.1, -0.05) is 6.42 Å². The largest absolute Gasteiger partial charge is 0.381 e. The summed E-state index contributed by atoms with van der Waals surface area (Å²) in [6, 6.07) is 2.11. The van der Waals surface area contributed by atoms with Crippen molar-refractivity contribution >= 4 is 11.6 Å². The first kappa shape index (κ1) is 14.7. The molecule has 6 heteroatoms. The van der Waals surface area contributed by atoms with E-state index in [2.05, 4.69) is 10.7 Å². The van der Waals surface area contributed by atoms with Gasteiger partial charge in [0.05, 0.1) is 0 Å². The van der Waals surface area contributed by atoms with Crippen LogP contribution in [0.15, 0.2) is 12.1 Å². The van der Waals surface area contributed by atoms with Gasteiger partial charge >= 0.3 is 0 Å². The zero-order valence-electron chi connectivity index (χ0n) is 11.5. The van der Waals surface area contributed by atoms with Crippen molar-refractivity contribution in [1.82, 2.24) is 10.4 Å². The summed E-state index contributed by atoms with van der Waals surface area (Å²) in [5.74, 6) is -1.99. The van der Waals surface area contributed by atoms with Gasteiger partial charge in [-0.3, -0.25) is 10.2 Å². The van der Waals surface area contributed by atoms with Crippen molar-refractivity contribution in [1.29, 1.82) is 0 Å². The molecule has 110 valence electrons. The second-order valence-corrected chi connectivity index (χ2v) is 4.83. The Morgan fingerprint density at radius 3 is 2.35 bits per heavy atom. The van der Waals surface area contributed by atoms with E-state index in [1.807, 2.05) is 0 Å². The molecular formula is C14H19F2N3O. The zero-order chi connectivity index (χ0) is 14.5. The smallest absolute Gasteiger partial charge is 0.265 e. The Kier molecular flexibility index (Phi) is 4.89. The van der Waals surface area contributed by atoms with E-state index in [1.165, 1.54) is 0 Å². The van der Waals surface area contributed by atoms with Crippen molar-refractivity contribution in [2.24, 2.45) is 0 Å². The molecule has 4 nitrogen and oxygen atoms in total. The standard InChI is InChI=1S/C14H19F2N3O/c1-2-17-13-11(15)8-10(9-12(13)16)14(20)18-19-6-4-3-5-7-19/h8-9,17H,2-7H2,1H3,(H,18,20). The number of nitrogens with one attached hydrogen (secondary N) is 2. The number of piperidine rings is 1. The molecule has 0 aromatic heterocycles. The molecule has 0 spiro atoms. The van der Waals surface area contributed by atoms with E-state index >= 15 is 0 Å². The molecule has 0 unspecified atom stereocenters. The Labute approximate surface area is 117 Å². The molecule has 0 radical (unpaired) electrons. The van der Waals surface area contributed by atoms with E-state index in [4.69, 9.17) is 0 Å². The minimum Gasteiger partial charge on any atom is -0.381 e. The molecule has 0 atom stereocenters. The number of amides is 1. The van der Waals surface area contributed by atoms with Crippen molar-refractivity contribution in [2.75, 3.05) is 25.0 Å². The van der Waals surface area contributed by atoms with Gasteiger partial charge in [0.1, 0.15) is 17.3 Å². The van der Waals surface area contributed by atoms with Crippen LogP contribution >= 0.6 is 0 Å². The SMILES string of the molecule is CCNc1c(F)cc(C(=O)NN2CCCCC2)cc1F. The van der Waals surface area contributed by atoms with Gasteiger partial charge in [-0.05, 0) is 31.9 Å². The highest BCUT2D eigenvalue weighted by molar-refractivity contribution is 5.94. The lowest BCUT2D eigenvalue weighted by Crippen LogP contribution is -2.45. The lowest BCUT2D eigenvalue weighted by atomic mass is 10.1. The molecule has 1 aromatic rings. The highest BCUT2D eigenvalue weighted by Crippen LogP contribution is 2.20. The number of rotatable bonds is 4. The Morgan fingerprint density at radius 2 is 1.80 bits per heavy atom. The second-order valence-electron chi connectivity index (χ2n) is 4.83. The summed E-state index contributed by atoms with van der Waals surface area (Å²) >= 11 is 0. The third-order valence-electron chi connectivity index (χ3n) is 3.27. The van der Waals surface area contributed by atoms with Crippen LogP contribution in [0.25, 0.3) is 0 Å². The average molecular weight is 283 g/mol. The molecule has 1 heterocycles. The molecule has 2 N–H and O–H groups in total. The number of hydrogen-bond acceptors (Lipinski definition) is 3. The van der Waals surface area contributed by atoms with Crippen LogP contribution in [-0.4, -0.2) is 30.6 Å². The first-order chi connectivity index (χ1) is 9.61. The van der Waals surface area contributed by atoms with Crippen LogP contribution in [0.2, 0.25) is 0 Å². The predicted octanol–water partition coefficient (Wildman–Crippen LogP) is 2.53. The molecule has 1 aliphatic heterocycles. The summed E-state index contributed by atoms with van der Waals surface area (Å²) in [5, 5.41) is 4.39. The van der Waals surface area contributed by atoms with Gasteiger partial charge in [-0.25, -0.2) is 13.8 Å². The Hall–Kier alpha value is -1.69. The highest BCUT2D eigenvalue weighted by Gasteiger charge is 2.17. The number of nitrogens with zero attached hydrogens (tertiary/aromatic N) is 1. The van der Waals surface area contributed by atoms with Gasteiger partial charge in [-0.2, -0.15) is 0 Å². The van der Waals surface area contributed by atoms with Gasteiger partial charge in [0, 0.05) is 25.2 Å². The Bertz CT molecular complexity index is 464. The number of hydrogen-bond donors (Lipinski definition) is 2. The summed E-state index contributed by atoms with van der Waals surface area (Å²) in [7, 11) is 0. The number of benzene rings is 1. The number of carbonyl (C=O) groups is 1. The number of halogens is 2. The van der Waals surface area contributed by atoms with Gasteiger partial charge in [0.25, 0.3) is 5.91 Å². The van der Waals surface area contributed by atoms with Crippen LogP contribution in [0.3, 0.4) is 0 Å². The first-order valence-electron chi connectivity index (χ1n) is 6.90. The number of anilines is 1. The fraction of sp³-hybridized carbons (Fsp3) is 0.500. The van der Waals surface area contributed by atoms with Gasteiger partial charge in [-0.15, -0.1) is 0 Å². The molecule has 1 fully saturated rings. The molecule has 1 aliphatic rings. The summed E-state index contributed by atoms with van der Waals surface area (Å²) in [5.41, 5.74) is 2.48. The quantitative estimate of drug-likeness (QED) is 0.892. The topological polar surface area (TPSA) is 44.4 Å². The van der Waals surface area contributed by atoms with E-state index in [9.17, 15) is 13.6 Å². The van der Waals surface area contributed by atoms with Crippen LogP contribution in [0, 0.1) is 11.6 Å². The van der Waals surface area contributed by atoms with Crippen LogP contribution in [0.1, 0.15) is 36.5 Å².